The Hall–Kier alpha value is -0.240. The number of hydrogen-bond donors (Lipinski definition) is 0. The summed E-state index contributed by atoms with van der Waals surface area (Å²) in [5.74, 6) is 2.05. The van der Waals surface area contributed by atoms with Crippen LogP contribution in [-0.4, -0.2) is 43.9 Å². The van der Waals surface area contributed by atoms with Gasteiger partial charge in [0.25, 0.3) is 0 Å². The standard InChI is InChI=1S/C12H16BrNO3S2/c1-9-8-18-6-5-14(9)19(15,16)12-7-10(13)3-4-11(12)17-2/h3-4,7,9H,5-6,8H2,1-2H3. The second kappa shape index (κ2) is 6.03. The van der Waals surface area contributed by atoms with E-state index in [1.165, 1.54) is 7.11 Å². The first-order valence-electron chi connectivity index (χ1n) is 5.90. The minimum absolute atomic E-state index is 0.00689. The summed E-state index contributed by atoms with van der Waals surface area (Å²) in [6.45, 7) is 2.48. The van der Waals surface area contributed by atoms with Crippen molar-refractivity contribution in [2.45, 2.75) is 17.9 Å². The van der Waals surface area contributed by atoms with Crippen LogP contribution in [0, 0.1) is 0 Å². The number of rotatable bonds is 3. The molecule has 0 aliphatic carbocycles. The predicted octanol–water partition coefficient (Wildman–Crippen LogP) is 2.58. The monoisotopic (exact) mass is 365 g/mol. The third kappa shape index (κ3) is 3.09. The maximum Gasteiger partial charge on any atom is 0.247 e. The normalized spacial score (nSPS) is 21.3. The molecular weight excluding hydrogens is 350 g/mol. The highest BCUT2D eigenvalue weighted by molar-refractivity contribution is 9.10. The van der Waals surface area contributed by atoms with Crippen molar-refractivity contribution in [3.8, 4) is 5.75 Å². The minimum atomic E-state index is -3.51. The summed E-state index contributed by atoms with van der Waals surface area (Å²) in [7, 11) is -2.03. The largest absolute Gasteiger partial charge is 0.495 e. The van der Waals surface area contributed by atoms with E-state index in [2.05, 4.69) is 15.9 Å². The first-order valence-corrected chi connectivity index (χ1v) is 9.28. The van der Waals surface area contributed by atoms with Crippen LogP contribution in [0.15, 0.2) is 27.6 Å². The summed E-state index contributed by atoms with van der Waals surface area (Å²) in [4.78, 5) is 0.225. The van der Waals surface area contributed by atoms with Gasteiger partial charge in [-0.3, -0.25) is 0 Å². The first-order chi connectivity index (χ1) is 8.96. The molecule has 1 aromatic rings. The molecule has 106 valence electrons. The maximum atomic E-state index is 12.7. The number of thioether (sulfide) groups is 1. The van der Waals surface area contributed by atoms with Crippen molar-refractivity contribution in [2.75, 3.05) is 25.2 Å². The molecule has 1 unspecified atom stereocenters. The van der Waals surface area contributed by atoms with Gasteiger partial charge in [0, 0.05) is 28.6 Å². The smallest absolute Gasteiger partial charge is 0.247 e. The summed E-state index contributed by atoms with van der Waals surface area (Å²) in [5.41, 5.74) is 0. The lowest BCUT2D eigenvalue weighted by atomic mass is 10.3. The van der Waals surface area contributed by atoms with E-state index in [9.17, 15) is 8.42 Å². The molecule has 0 N–H and O–H groups in total. The summed E-state index contributed by atoms with van der Waals surface area (Å²) < 4.78 is 33.0. The molecule has 0 amide bonds. The van der Waals surface area contributed by atoms with Gasteiger partial charge in [0.15, 0.2) is 0 Å². The Morgan fingerprint density at radius 3 is 2.84 bits per heavy atom. The third-order valence-corrected chi connectivity index (χ3v) is 6.74. The van der Waals surface area contributed by atoms with E-state index in [-0.39, 0.29) is 10.9 Å². The van der Waals surface area contributed by atoms with Gasteiger partial charge in [0.2, 0.25) is 10.0 Å². The molecule has 1 saturated heterocycles. The molecule has 1 fully saturated rings. The third-order valence-electron chi connectivity index (χ3n) is 3.02. The first kappa shape index (κ1) is 15.2. The van der Waals surface area contributed by atoms with Crippen molar-refractivity contribution in [3.05, 3.63) is 22.7 Å². The van der Waals surface area contributed by atoms with Gasteiger partial charge in [-0.05, 0) is 25.1 Å². The average molecular weight is 366 g/mol. The van der Waals surface area contributed by atoms with Gasteiger partial charge in [-0.2, -0.15) is 16.1 Å². The highest BCUT2D eigenvalue weighted by Gasteiger charge is 2.33. The fourth-order valence-electron chi connectivity index (χ4n) is 2.05. The highest BCUT2D eigenvalue weighted by Crippen LogP contribution is 2.32. The molecule has 2 rings (SSSR count). The van der Waals surface area contributed by atoms with Crippen molar-refractivity contribution in [1.82, 2.24) is 4.31 Å². The van der Waals surface area contributed by atoms with Gasteiger partial charge >= 0.3 is 0 Å². The predicted molar refractivity (Wildman–Crippen MR) is 81.4 cm³/mol. The lowest BCUT2D eigenvalue weighted by molar-refractivity contribution is 0.360. The van der Waals surface area contributed by atoms with Crippen LogP contribution in [0.25, 0.3) is 0 Å². The number of ether oxygens (including phenoxy) is 1. The van der Waals surface area contributed by atoms with Crippen molar-refractivity contribution in [3.63, 3.8) is 0 Å². The van der Waals surface area contributed by atoms with Crippen LogP contribution < -0.4 is 4.74 Å². The Labute approximate surface area is 126 Å². The molecule has 1 heterocycles. The van der Waals surface area contributed by atoms with E-state index in [4.69, 9.17) is 4.74 Å². The van der Waals surface area contributed by atoms with Gasteiger partial charge in [-0.15, -0.1) is 0 Å². The van der Waals surface area contributed by atoms with Crippen LogP contribution >= 0.6 is 27.7 Å². The molecule has 0 radical (unpaired) electrons. The van der Waals surface area contributed by atoms with Crippen molar-refractivity contribution >= 4 is 37.7 Å². The number of sulfonamides is 1. The molecule has 1 aliphatic heterocycles. The Morgan fingerprint density at radius 2 is 2.21 bits per heavy atom. The van der Waals surface area contributed by atoms with Crippen LogP contribution in [0.2, 0.25) is 0 Å². The summed E-state index contributed by atoms with van der Waals surface area (Å²) in [6.07, 6.45) is 0. The van der Waals surface area contributed by atoms with Crippen molar-refractivity contribution in [1.29, 1.82) is 0 Å². The molecule has 0 spiro atoms. The fraction of sp³-hybridized carbons (Fsp3) is 0.500. The Bertz CT molecular complexity index is 562. The quantitative estimate of drug-likeness (QED) is 0.825. The SMILES string of the molecule is COc1ccc(Br)cc1S(=O)(=O)N1CCSCC1C. The molecule has 0 bridgehead atoms. The second-order valence-electron chi connectivity index (χ2n) is 4.33. The van der Waals surface area contributed by atoms with Gasteiger partial charge in [0.05, 0.1) is 7.11 Å². The van der Waals surface area contributed by atoms with E-state index in [0.29, 0.717) is 12.3 Å². The molecule has 4 nitrogen and oxygen atoms in total. The summed E-state index contributed by atoms with van der Waals surface area (Å²) in [6, 6.07) is 5.04. The van der Waals surface area contributed by atoms with Gasteiger partial charge in [0.1, 0.15) is 10.6 Å². The van der Waals surface area contributed by atoms with E-state index >= 15 is 0 Å². The minimum Gasteiger partial charge on any atom is -0.495 e. The second-order valence-corrected chi connectivity index (χ2v) is 8.26. The lowest BCUT2D eigenvalue weighted by Gasteiger charge is -2.32. The molecular formula is C12H16BrNO3S2. The molecule has 19 heavy (non-hydrogen) atoms. The molecule has 7 heteroatoms. The number of methoxy groups -OCH3 is 1. The van der Waals surface area contributed by atoms with Crippen molar-refractivity contribution < 1.29 is 13.2 Å². The van der Waals surface area contributed by atoms with E-state index in [1.807, 2.05) is 6.92 Å². The molecule has 0 saturated carbocycles. The zero-order valence-corrected chi connectivity index (χ0v) is 14.0. The molecule has 1 atom stereocenters. The highest BCUT2D eigenvalue weighted by atomic mass is 79.9. The van der Waals surface area contributed by atoms with E-state index in [1.54, 1.807) is 34.3 Å². The van der Waals surface area contributed by atoms with Gasteiger partial charge < -0.3 is 4.74 Å². The summed E-state index contributed by atoms with van der Waals surface area (Å²) >= 11 is 5.10. The van der Waals surface area contributed by atoms with Crippen molar-refractivity contribution in [2.24, 2.45) is 0 Å². The van der Waals surface area contributed by atoms with Crippen LogP contribution in [-0.2, 0) is 10.0 Å². The zero-order valence-electron chi connectivity index (χ0n) is 10.8. The number of benzene rings is 1. The van der Waals surface area contributed by atoms with Crippen LogP contribution in [0.4, 0.5) is 0 Å². The Balaban J connectivity index is 2.46. The number of hydrogen-bond acceptors (Lipinski definition) is 4. The maximum absolute atomic E-state index is 12.7. The lowest BCUT2D eigenvalue weighted by Crippen LogP contribution is -2.44. The van der Waals surface area contributed by atoms with Gasteiger partial charge in [-0.25, -0.2) is 8.42 Å². The number of nitrogens with zero attached hydrogens (tertiary/aromatic N) is 1. The Kier molecular flexibility index (Phi) is 4.81. The van der Waals surface area contributed by atoms with Gasteiger partial charge in [-0.1, -0.05) is 15.9 Å². The average Bonchev–Trinajstić information content (AvgIpc) is 2.39. The topological polar surface area (TPSA) is 46.6 Å². The van der Waals surface area contributed by atoms with Crippen LogP contribution in [0.1, 0.15) is 6.92 Å². The van der Waals surface area contributed by atoms with Crippen LogP contribution in [0.5, 0.6) is 5.75 Å². The molecule has 0 aromatic heterocycles. The summed E-state index contributed by atoms with van der Waals surface area (Å²) in [5, 5.41) is 0. The van der Waals surface area contributed by atoms with E-state index < -0.39 is 10.0 Å². The zero-order chi connectivity index (χ0) is 14.0. The number of halogens is 1. The van der Waals surface area contributed by atoms with E-state index in [0.717, 1.165) is 16.0 Å². The molecule has 1 aliphatic rings. The molecule has 1 aromatic carbocycles. The Morgan fingerprint density at radius 1 is 1.47 bits per heavy atom. The van der Waals surface area contributed by atoms with Crippen LogP contribution in [0.3, 0.4) is 0 Å². The fourth-order valence-corrected chi connectivity index (χ4v) is 5.60.